The largest absolute Gasteiger partial charge is 0.467 e. The Morgan fingerprint density at radius 2 is 2.12 bits per heavy atom. The van der Waals surface area contributed by atoms with Gasteiger partial charge in [0.05, 0.1) is 6.26 Å². The van der Waals surface area contributed by atoms with Crippen LogP contribution in [0.3, 0.4) is 0 Å². The van der Waals surface area contributed by atoms with Crippen LogP contribution in [0.15, 0.2) is 46.1 Å². The highest BCUT2D eigenvalue weighted by Crippen LogP contribution is 2.05. The van der Waals surface area contributed by atoms with Crippen LogP contribution in [0.25, 0.3) is 0 Å². The molecule has 8 heteroatoms. The Morgan fingerprint density at radius 3 is 2.80 bits per heavy atom. The zero-order chi connectivity index (χ0) is 17.0. The summed E-state index contributed by atoms with van der Waals surface area (Å²) in [5.41, 5.74) is 1.13. The number of nitrogens with one attached hydrogen (secondary N) is 2. The van der Waals surface area contributed by atoms with Gasteiger partial charge >= 0.3 is 0 Å². The summed E-state index contributed by atoms with van der Waals surface area (Å²) in [6.45, 7) is 2.74. The topological polar surface area (TPSA) is 71.7 Å². The molecular formula is C17H24ClIN4O2. The number of nitrogens with zero attached hydrogens (tertiary/aromatic N) is 2. The molecule has 0 atom stereocenters. The average Bonchev–Trinajstić information content (AvgIpc) is 3.11. The van der Waals surface area contributed by atoms with Gasteiger partial charge in [0.2, 0.25) is 0 Å². The van der Waals surface area contributed by atoms with Gasteiger partial charge in [0.1, 0.15) is 17.5 Å². The molecule has 0 saturated heterocycles. The highest BCUT2D eigenvalue weighted by molar-refractivity contribution is 14.0. The van der Waals surface area contributed by atoms with Crippen molar-refractivity contribution in [3.05, 3.63) is 53.2 Å². The maximum absolute atomic E-state index is 5.77. The third-order valence-corrected chi connectivity index (χ3v) is 3.52. The summed E-state index contributed by atoms with van der Waals surface area (Å²) >= 11 is 5.77. The zero-order valence-corrected chi connectivity index (χ0v) is 17.3. The fraction of sp³-hybridized carbons (Fsp3) is 0.412. The maximum Gasteiger partial charge on any atom is 0.190 e. The van der Waals surface area contributed by atoms with Gasteiger partial charge in [-0.05, 0) is 36.6 Å². The van der Waals surface area contributed by atoms with E-state index in [0.29, 0.717) is 18.4 Å². The third-order valence-electron chi connectivity index (χ3n) is 3.30. The smallest absolute Gasteiger partial charge is 0.190 e. The van der Waals surface area contributed by atoms with Crippen LogP contribution < -0.4 is 10.6 Å². The standard InChI is InChI=1S/C17H23ClN4O2.HI/c1-19-17(21-9-7-14-5-6-16(18)22-12-14)20-8-3-10-23-13-15-4-2-11-24-15;/h2,4-6,11-12H,3,7-10,13H2,1H3,(H2,19,20,21);1H. The number of halogens is 2. The molecule has 2 aromatic rings. The Morgan fingerprint density at radius 1 is 1.28 bits per heavy atom. The van der Waals surface area contributed by atoms with E-state index in [2.05, 4.69) is 20.6 Å². The summed E-state index contributed by atoms with van der Waals surface area (Å²) in [5.74, 6) is 1.63. The first-order chi connectivity index (χ1) is 11.8. The van der Waals surface area contributed by atoms with E-state index in [1.165, 1.54) is 0 Å². The number of furan rings is 1. The number of pyridine rings is 1. The van der Waals surface area contributed by atoms with Crippen LogP contribution in [0.1, 0.15) is 17.7 Å². The van der Waals surface area contributed by atoms with Gasteiger partial charge in [0.25, 0.3) is 0 Å². The van der Waals surface area contributed by atoms with Crippen LogP contribution in [0.5, 0.6) is 0 Å². The first-order valence-corrected chi connectivity index (χ1v) is 8.31. The molecule has 0 aliphatic carbocycles. The number of aromatic nitrogens is 1. The molecule has 2 heterocycles. The van der Waals surface area contributed by atoms with Crippen molar-refractivity contribution in [1.82, 2.24) is 15.6 Å². The molecule has 0 radical (unpaired) electrons. The molecule has 25 heavy (non-hydrogen) atoms. The molecule has 0 aromatic carbocycles. The minimum atomic E-state index is 0. The normalized spacial score (nSPS) is 11.0. The van der Waals surface area contributed by atoms with Crippen LogP contribution in [0.4, 0.5) is 0 Å². The number of rotatable bonds is 9. The molecule has 0 fully saturated rings. The van der Waals surface area contributed by atoms with E-state index in [1.54, 1.807) is 25.6 Å². The second-order valence-corrected chi connectivity index (χ2v) is 5.54. The van der Waals surface area contributed by atoms with E-state index in [-0.39, 0.29) is 24.0 Å². The van der Waals surface area contributed by atoms with Crippen molar-refractivity contribution >= 4 is 41.5 Å². The van der Waals surface area contributed by atoms with E-state index < -0.39 is 0 Å². The number of ether oxygens (including phenoxy) is 1. The molecule has 2 rings (SSSR count). The molecular weight excluding hydrogens is 455 g/mol. The fourth-order valence-electron chi connectivity index (χ4n) is 2.05. The summed E-state index contributed by atoms with van der Waals surface area (Å²) in [5, 5.41) is 7.04. The maximum atomic E-state index is 5.77. The van der Waals surface area contributed by atoms with E-state index >= 15 is 0 Å². The second kappa shape index (κ2) is 13.0. The van der Waals surface area contributed by atoms with Gasteiger partial charge in [-0.2, -0.15) is 0 Å². The van der Waals surface area contributed by atoms with Gasteiger partial charge in [0.15, 0.2) is 5.96 Å². The monoisotopic (exact) mass is 478 g/mol. The van der Waals surface area contributed by atoms with Crippen molar-refractivity contribution in [1.29, 1.82) is 0 Å². The number of guanidine groups is 1. The van der Waals surface area contributed by atoms with E-state index in [4.69, 9.17) is 20.8 Å². The molecule has 0 aliphatic rings. The molecule has 0 unspecified atom stereocenters. The zero-order valence-electron chi connectivity index (χ0n) is 14.2. The predicted molar refractivity (Wildman–Crippen MR) is 111 cm³/mol. The van der Waals surface area contributed by atoms with Crippen molar-refractivity contribution in [2.45, 2.75) is 19.4 Å². The van der Waals surface area contributed by atoms with Crippen molar-refractivity contribution in [3.8, 4) is 0 Å². The molecule has 2 aromatic heterocycles. The van der Waals surface area contributed by atoms with E-state index in [0.717, 1.165) is 43.2 Å². The van der Waals surface area contributed by atoms with Crippen LogP contribution in [-0.2, 0) is 17.8 Å². The molecule has 2 N–H and O–H groups in total. The minimum Gasteiger partial charge on any atom is -0.467 e. The number of hydrogen-bond donors (Lipinski definition) is 2. The highest BCUT2D eigenvalue weighted by Gasteiger charge is 1.99. The van der Waals surface area contributed by atoms with Crippen molar-refractivity contribution in [2.24, 2.45) is 4.99 Å². The summed E-state index contributed by atoms with van der Waals surface area (Å²) < 4.78 is 10.7. The lowest BCUT2D eigenvalue weighted by Gasteiger charge is -2.11. The van der Waals surface area contributed by atoms with Crippen molar-refractivity contribution in [2.75, 3.05) is 26.7 Å². The third kappa shape index (κ3) is 9.08. The molecule has 138 valence electrons. The van der Waals surface area contributed by atoms with Gasteiger partial charge in [-0.1, -0.05) is 17.7 Å². The SMILES string of the molecule is CN=C(NCCCOCc1ccco1)NCCc1ccc(Cl)nc1.I. The van der Waals surface area contributed by atoms with Crippen molar-refractivity contribution < 1.29 is 9.15 Å². The van der Waals surface area contributed by atoms with Gasteiger partial charge in [0, 0.05) is 32.9 Å². The second-order valence-electron chi connectivity index (χ2n) is 5.15. The number of hydrogen-bond acceptors (Lipinski definition) is 4. The van der Waals surface area contributed by atoms with Gasteiger partial charge in [-0.25, -0.2) is 4.98 Å². The molecule has 6 nitrogen and oxygen atoms in total. The summed E-state index contributed by atoms with van der Waals surface area (Å²) in [4.78, 5) is 8.26. The minimum absolute atomic E-state index is 0. The highest BCUT2D eigenvalue weighted by atomic mass is 127. The lowest BCUT2D eigenvalue weighted by atomic mass is 10.2. The summed E-state index contributed by atoms with van der Waals surface area (Å²) in [7, 11) is 1.76. The van der Waals surface area contributed by atoms with Crippen LogP contribution in [0.2, 0.25) is 5.15 Å². The van der Waals surface area contributed by atoms with Crippen LogP contribution in [-0.4, -0.2) is 37.7 Å². The molecule has 0 amide bonds. The lowest BCUT2D eigenvalue weighted by Crippen LogP contribution is -2.39. The molecule has 0 bridgehead atoms. The van der Waals surface area contributed by atoms with Crippen LogP contribution in [0, 0.1) is 0 Å². The van der Waals surface area contributed by atoms with Crippen molar-refractivity contribution in [3.63, 3.8) is 0 Å². The van der Waals surface area contributed by atoms with Gasteiger partial charge in [-0.15, -0.1) is 24.0 Å². The first-order valence-electron chi connectivity index (χ1n) is 7.93. The van der Waals surface area contributed by atoms with Gasteiger partial charge < -0.3 is 19.8 Å². The molecule has 0 aliphatic heterocycles. The quantitative estimate of drug-likeness (QED) is 0.190. The van der Waals surface area contributed by atoms with Crippen LogP contribution >= 0.6 is 35.6 Å². The van der Waals surface area contributed by atoms with E-state index in [9.17, 15) is 0 Å². The Balaban J connectivity index is 0.00000312. The summed E-state index contributed by atoms with van der Waals surface area (Å²) in [6.07, 6.45) is 5.19. The molecule has 0 spiro atoms. The fourth-order valence-corrected chi connectivity index (χ4v) is 2.16. The predicted octanol–water partition coefficient (Wildman–Crippen LogP) is 3.26. The first kappa shape index (κ1) is 21.7. The average molecular weight is 479 g/mol. The lowest BCUT2D eigenvalue weighted by molar-refractivity contribution is 0.105. The Hall–Kier alpha value is -1.32. The van der Waals surface area contributed by atoms with Gasteiger partial charge in [-0.3, -0.25) is 4.99 Å². The number of aliphatic imine (C=N–C) groups is 1. The van der Waals surface area contributed by atoms with E-state index in [1.807, 2.05) is 18.2 Å². The Bertz CT molecular complexity index is 606. The summed E-state index contributed by atoms with van der Waals surface area (Å²) in [6, 6.07) is 7.53. The Kier molecular flexibility index (Phi) is 11.3. The molecule has 0 saturated carbocycles. The Labute approximate surface area is 170 Å².